The molecule has 0 fully saturated rings. The van der Waals surface area contributed by atoms with Crippen LogP contribution in [0.25, 0.3) is 39.3 Å². The van der Waals surface area contributed by atoms with E-state index < -0.39 is 0 Å². The molecule has 1 aromatic carbocycles. The highest BCUT2D eigenvalue weighted by atomic mass is 16.5. The van der Waals surface area contributed by atoms with Gasteiger partial charge in [-0.25, -0.2) is 0 Å². The molecular formula is C18H12N6O2. The second kappa shape index (κ2) is 5.62. The molecule has 0 saturated carbocycles. The molecule has 8 heteroatoms. The summed E-state index contributed by atoms with van der Waals surface area (Å²) in [5.41, 5.74) is 2.56. The molecule has 4 heterocycles. The molecule has 0 aliphatic heterocycles. The van der Waals surface area contributed by atoms with Gasteiger partial charge in [0.25, 0.3) is 0 Å². The summed E-state index contributed by atoms with van der Waals surface area (Å²) in [5.74, 6) is 1.19. The number of methoxy groups -OCH3 is 1. The highest BCUT2D eigenvalue weighted by Gasteiger charge is 2.20. The quantitative estimate of drug-likeness (QED) is 0.497. The number of fused-ring (bicyclic) bond motifs is 3. The molecule has 0 amide bonds. The molecule has 26 heavy (non-hydrogen) atoms. The van der Waals surface area contributed by atoms with Crippen molar-refractivity contribution < 1.29 is 9.26 Å². The zero-order valence-electron chi connectivity index (χ0n) is 13.7. The Balaban J connectivity index is 1.95. The first kappa shape index (κ1) is 14.5. The Hall–Kier alpha value is -3.81. The molecule has 126 valence electrons. The predicted molar refractivity (Wildman–Crippen MR) is 93.6 cm³/mol. The van der Waals surface area contributed by atoms with E-state index in [0.717, 1.165) is 16.5 Å². The third-order valence-corrected chi connectivity index (χ3v) is 4.14. The van der Waals surface area contributed by atoms with E-state index in [0.29, 0.717) is 28.6 Å². The number of hydrogen-bond donors (Lipinski definition) is 0. The van der Waals surface area contributed by atoms with Gasteiger partial charge < -0.3 is 9.26 Å². The van der Waals surface area contributed by atoms with Crippen molar-refractivity contribution in [3.63, 3.8) is 0 Å². The van der Waals surface area contributed by atoms with Crippen molar-refractivity contribution >= 4 is 16.4 Å². The molecule has 8 nitrogen and oxygen atoms in total. The van der Waals surface area contributed by atoms with Gasteiger partial charge in [-0.3, -0.25) is 4.98 Å². The van der Waals surface area contributed by atoms with E-state index >= 15 is 0 Å². The Bertz CT molecular complexity index is 1220. The number of ether oxygens (including phenoxy) is 1. The predicted octanol–water partition coefficient (Wildman–Crippen LogP) is 3.00. The molecule has 5 rings (SSSR count). The Morgan fingerprint density at radius 3 is 2.73 bits per heavy atom. The van der Waals surface area contributed by atoms with E-state index in [4.69, 9.17) is 14.4 Å². The van der Waals surface area contributed by atoms with Crippen molar-refractivity contribution in [3.05, 3.63) is 54.9 Å². The zero-order chi connectivity index (χ0) is 17.5. The van der Waals surface area contributed by atoms with E-state index in [-0.39, 0.29) is 0 Å². The van der Waals surface area contributed by atoms with Crippen molar-refractivity contribution in [2.75, 3.05) is 7.11 Å². The van der Waals surface area contributed by atoms with Gasteiger partial charge in [0.1, 0.15) is 17.7 Å². The highest BCUT2D eigenvalue weighted by molar-refractivity contribution is 6.05. The third-order valence-electron chi connectivity index (χ3n) is 4.14. The molecule has 0 N–H and O–H groups in total. The first-order valence-corrected chi connectivity index (χ1v) is 7.91. The van der Waals surface area contributed by atoms with Crippen LogP contribution < -0.4 is 4.74 Å². The summed E-state index contributed by atoms with van der Waals surface area (Å²) in [6.45, 7) is 0. The normalized spacial score (nSPS) is 11.3. The average Bonchev–Trinajstić information content (AvgIpc) is 3.37. The van der Waals surface area contributed by atoms with Crippen LogP contribution in [0, 0.1) is 0 Å². The van der Waals surface area contributed by atoms with Crippen molar-refractivity contribution in [1.82, 2.24) is 30.0 Å². The van der Waals surface area contributed by atoms with Crippen LogP contribution in [0.5, 0.6) is 5.75 Å². The lowest BCUT2D eigenvalue weighted by Gasteiger charge is -2.11. The lowest BCUT2D eigenvalue weighted by Crippen LogP contribution is -2.01. The van der Waals surface area contributed by atoms with Crippen LogP contribution in [-0.2, 0) is 0 Å². The molecule has 0 atom stereocenters. The van der Waals surface area contributed by atoms with Gasteiger partial charge in [0, 0.05) is 17.6 Å². The number of rotatable bonds is 3. The van der Waals surface area contributed by atoms with Crippen molar-refractivity contribution in [2.45, 2.75) is 0 Å². The first-order chi connectivity index (χ1) is 12.9. The van der Waals surface area contributed by atoms with Crippen LogP contribution >= 0.6 is 0 Å². The van der Waals surface area contributed by atoms with Crippen molar-refractivity contribution in [1.29, 1.82) is 0 Å². The Kier molecular flexibility index (Phi) is 3.14. The van der Waals surface area contributed by atoms with E-state index in [9.17, 15) is 0 Å². The second-order valence-corrected chi connectivity index (χ2v) is 5.59. The first-order valence-electron chi connectivity index (χ1n) is 7.91. The minimum absolute atomic E-state index is 0.496. The van der Waals surface area contributed by atoms with Gasteiger partial charge in [-0.1, -0.05) is 23.4 Å². The van der Waals surface area contributed by atoms with Crippen molar-refractivity contribution in [2.24, 2.45) is 0 Å². The van der Waals surface area contributed by atoms with Gasteiger partial charge in [0.2, 0.25) is 5.82 Å². The van der Waals surface area contributed by atoms with E-state index in [2.05, 4.69) is 20.3 Å². The minimum atomic E-state index is 0.496. The van der Waals surface area contributed by atoms with E-state index in [1.54, 1.807) is 23.9 Å². The fraction of sp³-hybridized carbons (Fsp3) is 0.0556. The Morgan fingerprint density at radius 1 is 1.00 bits per heavy atom. The Labute approximate surface area is 147 Å². The van der Waals surface area contributed by atoms with Gasteiger partial charge in [-0.05, 0) is 18.2 Å². The molecule has 5 aromatic rings. The monoisotopic (exact) mass is 344 g/mol. The largest absolute Gasteiger partial charge is 0.496 e. The molecule has 0 radical (unpaired) electrons. The summed E-state index contributed by atoms with van der Waals surface area (Å²) < 4.78 is 12.2. The van der Waals surface area contributed by atoms with Crippen LogP contribution in [0.4, 0.5) is 0 Å². The molecule has 0 unspecified atom stereocenters. The SMILES string of the molecule is COc1cccc2c1c(-c1ccccn1)nn1c(-c3ccon3)nnc21. The number of nitrogens with zero attached hydrogens (tertiary/aromatic N) is 6. The third kappa shape index (κ3) is 2.05. The van der Waals surface area contributed by atoms with Gasteiger partial charge in [-0.2, -0.15) is 9.61 Å². The minimum Gasteiger partial charge on any atom is -0.496 e. The summed E-state index contributed by atoms with van der Waals surface area (Å²) in [4.78, 5) is 4.45. The van der Waals surface area contributed by atoms with Crippen LogP contribution in [0.3, 0.4) is 0 Å². The standard InChI is InChI=1S/C18H12N6O2/c1-25-14-7-4-5-11-15(14)16(12-6-2-3-9-19-12)22-24-17(11)20-21-18(24)13-8-10-26-23-13/h2-10H,1H3. The second-order valence-electron chi connectivity index (χ2n) is 5.59. The van der Waals surface area contributed by atoms with Crippen LogP contribution in [0.1, 0.15) is 0 Å². The molecule has 0 saturated heterocycles. The maximum Gasteiger partial charge on any atom is 0.207 e. The molecule has 4 aromatic heterocycles. The van der Waals surface area contributed by atoms with Gasteiger partial charge in [-0.15, -0.1) is 10.2 Å². The summed E-state index contributed by atoms with van der Waals surface area (Å²) in [5, 5.41) is 19.0. The molecule has 0 bridgehead atoms. The molecule has 0 aliphatic rings. The fourth-order valence-electron chi connectivity index (χ4n) is 2.99. The Morgan fingerprint density at radius 2 is 1.96 bits per heavy atom. The summed E-state index contributed by atoms with van der Waals surface area (Å²) in [7, 11) is 1.63. The number of hydrogen-bond acceptors (Lipinski definition) is 7. The maximum atomic E-state index is 5.57. The van der Waals surface area contributed by atoms with Crippen molar-refractivity contribution in [3.8, 4) is 28.7 Å². The van der Waals surface area contributed by atoms with Crippen LogP contribution in [0.2, 0.25) is 0 Å². The molecular weight excluding hydrogens is 332 g/mol. The van der Waals surface area contributed by atoms with Gasteiger partial charge in [0.15, 0.2) is 11.3 Å². The summed E-state index contributed by atoms with van der Waals surface area (Å²) in [6, 6.07) is 13.2. The molecule has 0 aliphatic carbocycles. The number of pyridine rings is 1. The highest BCUT2D eigenvalue weighted by Crippen LogP contribution is 2.35. The summed E-state index contributed by atoms with van der Waals surface area (Å²) >= 11 is 0. The lowest BCUT2D eigenvalue weighted by molar-refractivity contribution is 0.419. The zero-order valence-corrected chi connectivity index (χ0v) is 13.7. The van der Waals surface area contributed by atoms with Crippen LogP contribution in [0.15, 0.2) is 59.4 Å². The van der Waals surface area contributed by atoms with Gasteiger partial charge >= 0.3 is 0 Å². The number of benzene rings is 1. The lowest BCUT2D eigenvalue weighted by atomic mass is 10.1. The average molecular weight is 344 g/mol. The van der Waals surface area contributed by atoms with Gasteiger partial charge in [0.05, 0.1) is 18.2 Å². The van der Waals surface area contributed by atoms with E-state index in [1.165, 1.54) is 6.26 Å². The van der Waals surface area contributed by atoms with E-state index in [1.807, 2.05) is 36.4 Å². The number of aromatic nitrogens is 6. The maximum absolute atomic E-state index is 5.57. The fourth-order valence-corrected chi connectivity index (χ4v) is 2.99. The van der Waals surface area contributed by atoms with Crippen LogP contribution in [-0.4, -0.2) is 37.1 Å². The summed E-state index contributed by atoms with van der Waals surface area (Å²) in [6.07, 6.45) is 3.22. The smallest absolute Gasteiger partial charge is 0.207 e. The topological polar surface area (TPSA) is 91.2 Å². The molecule has 0 spiro atoms.